The van der Waals surface area contributed by atoms with E-state index in [0.717, 1.165) is 13.1 Å². The first-order valence-electron chi connectivity index (χ1n) is 7.37. The van der Waals surface area contributed by atoms with Crippen LogP contribution < -0.4 is 5.73 Å². The Balaban J connectivity index is 2.23. The second-order valence-corrected chi connectivity index (χ2v) is 7.45. The molecule has 0 aliphatic carbocycles. The van der Waals surface area contributed by atoms with Crippen LogP contribution >= 0.6 is 11.3 Å². The predicted molar refractivity (Wildman–Crippen MR) is 82.6 cm³/mol. The van der Waals surface area contributed by atoms with Crippen molar-refractivity contribution in [1.82, 2.24) is 9.88 Å². The van der Waals surface area contributed by atoms with E-state index in [4.69, 9.17) is 10.7 Å². The summed E-state index contributed by atoms with van der Waals surface area (Å²) in [5.74, 6) is 0.571. The second-order valence-electron chi connectivity index (χ2n) is 6.59. The molecule has 4 heteroatoms. The molecule has 0 aromatic carbocycles. The molecule has 1 aliphatic rings. The van der Waals surface area contributed by atoms with Crippen molar-refractivity contribution in [1.29, 1.82) is 0 Å². The van der Waals surface area contributed by atoms with Crippen LogP contribution in [0.3, 0.4) is 0 Å². The zero-order valence-electron chi connectivity index (χ0n) is 12.6. The SMILES string of the molecule is CCCN1CCC(CN)C1c1csc(C(C)(C)C)n1. The van der Waals surface area contributed by atoms with Crippen molar-refractivity contribution in [2.24, 2.45) is 11.7 Å². The van der Waals surface area contributed by atoms with Crippen LogP contribution in [0.5, 0.6) is 0 Å². The molecule has 19 heavy (non-hydrogen) atoms. The Kier molecular flexibility index (Phi) is 4.64. The lowest BCUT2D eigenvalue weighted by Gasteiger charge is -2.26. The number of likely N-dealkylation sites (tertiary alicyclic amines) is 1. The lowest BCUT2D eigenvalue weighted by atomic mass is 9.96. The van der Waals surface area contributed by atoms with Crippen LogP contribution in [0.25, 0.3) is 0 Å². The third-order valence-corrected chi connectivity index (χ3v) is 5.19. The summed E-state index contributed by atoms with van der Waals surface area (Å²) in [5, 5.41) is 3.49. The number of hydrogen-bond acceptors (Lipinski definition) is 4. The van der Waals surface area contributed by atoms with Crippen molar-refractivity contribution in [3.05, 3.63) is 16.1 Å². The van der Waals surface area contributed by atoms with Gasteiger partial charge in [-0.2, -0.15) is 0 Å². The summed E-state index contributed by atoms with van der Waals surface area (Å²) in [6.07, 6.45) is 2.41. The lowest BCUT2D eigenvalue weighted by molar-refractivity contribution is 0.226. The van der Waals surface area contributed by atoms with E-state index in [1.54, 1.807) is 11.3 Å². The van der Waals surface area contributed by atoms with Gasteiger partial charge >= 0.3 is 0 Å². The van der Waals surface area contributed by atoms with Crippen molar-refractivity contribution < 1.29 is 0 Å². The Morgan fingerprint density at radius 2 is 2.21 bits per heavy atom. The first kappa shape index (κ1) is 14.9. The Bertz CT molecular complexity index is 408. The molecule has 1 fully saturated rings. The molecule has 108 valence electrons. The first-order valence-corrected chi connectivity index (χ1v) is 8.25. The summed E-state index contributed by atoms with van der Waals surface area (Å²) < 4.78 is 0. The molecule has 2 atom stereocenters. The molecule has 0 saturated carbocycles. The van der Waals surface area contributed by atoms with Gasteiger partial charge in [0.1, 0.15) is 0 Å². The number of rotatable bonds is 4. The monoisotopic (exact) mass is 281 g/mol. The van der Waals surface area contributed by atoms with E-state index in [1.165, 1.54) is 30.1 Å². The van der Waals surface area contributed by atoms with E-state index in [9.17, 15) is 0 Å². The van der Waals surface area contributed by atoms with Gasteiger partial charge in [0.05, 0.1) is 16.7 Å². The number of nitrogens with two attached hydrogens (primary N) is 1. The smallest absolute Gasteiger partial charge is 0.0982 e. The molecule has 2 N–H and O–H groups in total. The minimum absolute atomic E-state index is 0.148. The molecular weight excluding hydrogens is 254 g/mol. The summed E-state index contributed by atoms with van der Waals surface area (Å²) >= 11 is 1.80. The number of aromatic nitrogens is 1. The Morgan fingerprint density at radius 3 is 2.74 bits per heavy atom. The van der Waals surface area contributed by atoms with Gasteiger partial charge in [0, 0.05) is 10.8 Å². The maximum Gasteiger partial charge on any atom is 0.0982 e. The zero-order chi connectivity index (χ0) is 14.0. The number of thiazole rings is 1. The molecular formula is C15H27N3S. The van der Waals surface area contributed by atoms with Crippen LogP contribution in [0.15, 0.2) is 5.38 Å². The largest absolute Gasteiger partial charge is 0.330 e. The molecule has 2 heterocycles. The fourth-order valence-corrected chi connectivity index (χ4v) is 3.84. The van der Waals surface area contributed by atoms with Gasteiger partial charge in [0.25, 0.3) is 0 Å². The predicted octanol–water partition coefficient (Wildman–Crippen LogP) is 3.17. The molecule has 2 rings (SSSR count). The van der Waals surface area contributed by atoms with Gasteiger partial charge in [0.2, 0.25) is 0 Å². The van der Waals surface area contributed by atoms with Crippen molar-refractivity contribution in [3.8, 4) is 0 Å². The summed E-state index contributed by atoms with van der Waals surface area (Å²) in [6.45, 7) is 12.0. The molecule has 0 bridgehead atoms. The van der Waals surface area contributed by atoms with Gasteiger partial charge in [-0.3, -0.25) is 4.90 Å². The molecule has 1 aromatic heterocycles. The highest BCUT2D eigenvalue weighted by molar-refractivity contribution is 7.09. The van der Waals surface area contributed by atoms with Gasteiger partial charge in [-0.25, -0.2) is 4.98 Å². The minimum atomic E-state index is 0.148. The summed E-state index contributed by atoms with van der Waals surface area (Å²) in [5.41, 5.74) is 7.36. The zero-order valence-corrected chi connectivity index (χ0v) is 13.5. The van der Waals surface area contributed by atoms with E-state index in [1.807, 2.05) is 0 Å². The highest BCUT2D eigenvalue weighted by Gasteiger charge is 2.35. The molecule has 0 radical (unpaired) electrons. The summed E-state index contributed by atoms with van der Waals surface area (Å²) in [7, 11) is 0. The van der Waals surface area contributed by atoms with Crippen LogP contribution in [-0.2, 0) is 5.41 Å². The first-order chi connectivity index (χ1) is 8.97. The van der Waals surface area contributed by atoms with E-state index in [0.29, 0.717) is 12.0 Å². The van der Waals surface area contributed by atoms with Gasteiger partial charge in [-0.05, 0) is 38.4 Å². The highest BCUT2D eigenvalue weighted by atomic mass is 32.1. The topological polar surface area (TPSA) is 42.1 Å². The molecule has 3 nitrogen and oxygen atoms in total. The molecule has 1 saturated heterocycles. The van der Waals surface area contributed by atoms with Gasteiger partial charge in [-0.15, -0.1) is 11.3 Å². The average molecular weight is 281 g/mol. The van der Waals surface area contributed by atoms with Gasteiger partial charge in [0.15, 0.2) is 0 Å². The van der Waals surface area contributed by atoms with Crippen molar-refractivity contribution in [2.75, 3.05) is 19.6 Å². The molecule has 0 spiro atoms. The maximum atomic E-state index is 5.96. The number of hydrogen-bond donors (Lipinski definition) is 1. The van der Waals surface area contributed by atoms with Crippen molar-refractivity contribution >= 4 is 11.3 Å². The van der Waals surface area contributed by atoms with Crippen LogP contribution in [0.4, 0.5) is 0 Å². The Labute approximate surface area is 121 Å². The maximum absolute atomic E-state index is 5.96. The highest BCUT2D eigenvalue weighted by Crippen LogP contribution is 2.38. The van der Waals surface area contributed by atoms with E-state index >= 15 is 0 Å². The van der Waals surface area contributed by atoms with Crippen molar-refractivity contribution in [2.45, 2.75) is 52.0 Å². The number of nitrogens with zero attached hydrogens (tertiary/aromatic N) is 2. The lowest BCUT2D eigenvalue weighted by Crippen LogP contribution is -2.29. The Hall–Kier alpha value is -0.450. The fourth-order valence-electron chi connectivity index (χ4n) is 2.91. The second kappa shape index (κ2) is 5.90. The Morgan fingerprint density at radius 1 is 1.47 bits per heavy atom. The van der Waals surface area contributed by atoms with Crippen LogP contribution in [-0.4, -0.2) is 29.5 Å². The van der Waals surface area contributed by atoms with Crippen LogP contribution in [0, 0.1) is 5.92 Å². The standard InChI is InChI=1S/C15H27N3S/c1-5-7-18-8-6-11(9-16)13(18)12-10-19-14(17-12)15(2,3)4/h10-11,13H,5-9,16H2,1-4H3. The molecule has 0 amide bonds. The van der Waals surface area contributed by atoms with Gasteiger partial charge in [-0.1, -0.05) is 27.7 Å². The third kappa shape index (κ3) is 3.18. The summed E-state index contributed by atoms with van der Waals surface area (Å²) in [6, 6.07) is 0.442. The molecule has 2 unspecified atom stereocenters. The van der Waals surface area contributed by atoms with E-state index in [-0.39, 0.29) is 5.41 Å². The van der Waals surface area contributed by atoms with E-state index in [2.05, 4.69) is 38.0 Å². The normalized spacial score (nSPS) is 25.1. The average Bonchev–Trinajstić information content (AvgIpc) is 2.93. The van der Waals surface area contributed by atoms with E-state index < -0.39 is 0 Å². The molecule has 1 aliphatic heterocycles. The van der Waals surface area contributed by atoms with Crippen molar-refractivity contribution in [3.63, 3.8) is 0 Å². The minimum Gasteiger partial charge on any atom is -0.330 e. The van der Waals surface area contributed by atoms with Crippen LogP contribution in [0.2, 0.25) is 0 Å². The van der Waals surface area contributed by atoms with Crippen LogP contribution in [0.1, 0.15) is 57.3 Å². The summed E-state index contributed by atoms with van der Waals surface area (Å²) in [4.78, 5) is 7.48. The quantitative estimate of drug-likeness (QED) is 0.921. The third-order valence-electron chi connectivity index (χ3n) is 3.91. The molecule has 1 aromatic rings. The van der Waals surface area contributed by atoms with Gasteiger partial charge < -0.3 is 5.73 Å². The fraction of sp³-hybridized carbons (Fsp3) is 0.800.